The Morgan fingerprint density at radius 1 is 1.04 bits per heavy atom. The number of para-hydroxylation sites is 1. The van der Waals surface area contributed by atoms with Crippen LogP contribution in [-0.4, -0.2) is 21.6 Å². The van der Waals surface area contributed by atoms with Gasteiger partial charge in [0.1, 0.15) is 10.8 Å². The van der Waals surface area contributed by atoms with E-state index >= 15 is 0 Å². The quantitative estimate of drug-likeness (QED) is 0.363. The number of nitrogens with zero attached hydrogens (tertiary/aromatic N) is 2. The maximum absolute atomic E-state index is 13.0. The summed E-state index contributed by atoms with van der Waals surface area (Å²) in [5, 5.41) is 6.56. The maximum atomic E-state index is 13.0. The molecule has 7 heteroatoms. The topological polar surface area (TPSA) is 54.9 Å². The van der Waals surface area contributed by atoms with Crippen LogP contribution in [0.25, 0.3) is 21.6 Å². The van der Waals surface area contributed by atoms with Gasteiger partial charge >= 0.3 is 0 Å². The summed E-state index contributed by atoms with van der Waals surface area (Å²) in [5.41, 5.74) is 1.71. The van der Waals surface area contributed by atoms with Gasteiger partial charge in [-0.3, -0.25) is 4.79 Å². The van der Waals surface area contributed by atoms with Crippen LogP contribution in [0.1, 0.15) is 5.56 Å². The molecule has 2 aromatic carbocycles. The molecule has 0 aliphatic rings. The zero-order chi connectivity index (χ0) is 19.3. The number of hydrogen-bond donors (Lipinski definition) is 1. The minimum Gasteiger partial charge on any atom is -0.351 e. The Morgan fingerprint density at radius 3 is 2.64 bits per heavy atom. The highest BCUT2D eigenvalue weighted by Gasteiger charge is 2.12. The van der Waals surface area contributed by atoms with Crippen molar-refractivity contribution in [3.63, 3.8) is 0 Å². The molecule has 0 aliphatic heterocycles. The van der Waals surface area contributed by atoms with Gasteiger partial charge in [0.25, 0.3) is 0 Å². The van der Waals surface area contributed by atoms with E-state index in [9.17, 15) is 9.18 Å². The predicted molar refractivity (Wildman–Crippen MR) is 112 cm³/mol. The summed E-state index contributed by atoms with van der Waals surface area (Å²) in [6.45, 7) is 0.366. The second-order valence-corrected chi connectivity index (χ2v) is 7.95. The lowest BCUT2D eigenvalue weighted by atomic mass is 10.2. The molecule has 140 valence electrons. The van der Waals surface area contributed by atoms with Crippen molar-refractivity contribution in [1.29, 1.82) is 0 Å². The first-order chi connectivity index (χ1) is 13.7. The minimum atomic E-state index is -0.289. The lowest BCUT2D eigenvalue weighted by Crippen LogP contribution is -2.24. The molecule has 1 N–H and O–H groups in total. The number of thiophene rings is 1. The standard InChI is InChI=1S/C21H16FN3OS2/c22-15-9-7-14(8-10-15)12-23-19(26)13-28-21-16-4-1-2-5-17(16)24-20(25-21)18-6-3-11-27-18/h1-11H,12-13H2,(H,23,26). The summed E-state index contributed by atoms with van der Waals surface area (Å²) in [6.07, 6.45) is 0. The molecule has 0 saturated carbocycles. The molecule has 1 amide bonds. The van der Waals surface area contributed by atoms with Crippen LogP contribution in [0.2, 0.25) is 0 Å². The Morgan fingerprint density at radius 2 is 1.86 bits per heavy atom. The molecule has 28 heavy (non-hydrogen) atoms. The maximum Gasteiger partial charge on any atom is 0.230 e. The average molecular weight is 410 g/mol. The number of aromatic nitrogens is 2. The van der Waals surface area contributed by atoms with E-state index in [1.54, 1.807) is 23.5 Å². The Kier molecular flexibility index (Phi) is 5.64. The van der Waals surface area contributed by atoms with Gasteiger partial charge in [-0.2, -0.15) is 0 Å². The first-order valence-corrected chi connectivity index (χ1v) is 10.5. The minimum absolute atomic E-state index is 0.102. The van der Waals surface area contributed by atoms with Gasteiger partial charge < -0.3 is 5.32 Å². The molecule has 0 fully saturated rings. The molecule has 0 spiro atoms. The van der Waals surface area contributed by atoms with Crippen molar-refractivity contribution in [2.45, 2.75) is 11.6 Å². The Hall–Kier alpha value is -2.77. The number of carbonyl (C=O) groups excluding carboxylic acids is 1. The third kappa shape index (κ3) is 4.37. The first-order valence-electron chi connectivity index (χ1n) is 8.63. The summed E-state index contributed by atoms with van der Waals surface area (Å²) in [5.74, 6) is 0.520. The smallest absolute Gasteiger partial charge is 0.230 e. The van der Waals surface area contributed by atoms with Crippen molar-refractivity contribution in [3.05, 3.63) is 77.4 Å². The van der Waals surface area contributed by atoms with Gasteiger partial charge in [0.15, 0.2) is 5.82 Å². The fourth-order valence-corrected chi connectivity index (χ4v) is 4.17. The second-order valence-electron chi connectivity index (χ2n) is 6.04. The van der Waals surface area contributed by atoms with Crippen LogP contribution < -0.4 is 5.32 Å². The number of thioether (sulfide) groups is 1. The van der Waals surface area contributed by atoms with E-state index in [1.165, 1.54) is 23.9 Å². The molecule has 0 saturated heterocycles. The molecular weight excluding hydrogens is 393 g/mol. The predicted octanol–water partition coefficient (Wildman–Crippen LogP) is 4.91. The normalized spacial score (nSPS) is 10.9. The van der Waals surface area contributed by atoms with Crippen molar-refractivity contribution in [2.75, 3.05) is 5.75 Å². The van der Waals surface area contributed by atoms with E-state index in [-0.39, 0.29) is 17.5 Å². The van der Waals surface area contributed by atoms with Gasteiger partial charge in [0.2, 0.25) is 5.91 Å². The molecule has 2 heterocycles. The summed E-state index contributed by atoms with van der Waals surface area (Å²) >= 11 is 2.97. The number of rotatable bonds is 6. The van der Waals surface area contributed by atoms with Gasteiger partial charge in [-0.15, -0.1) is 11.3 Å². The van der Waals surface area contributed by atoms with Crippen LogP contribution >= 0.6 is 23.1 Å². The van der Waals surface area contributed by atoms with Crippen molar-refractivity contribution in [2.24, 2.45) is 0 Å². The largest absolute Gasteiger partial charge is 0.351 e. The molecular formula is C21H16FN3OS2. The monoisotopic (exact) mass is 409 g/mol. The second kappa shape index (κ2) is 8.50. The van der Waals surface area contributed by atoms with Crippen molar-refractivity contribution < 1.29 is 9.18 Å². The molecule has 0 radical (unpaired) electrons. The summed E-state index contributed by atoms with van der Waals surface area (Å²) in [4.78, 5) is 22.6. The fourth-order valence-electron chi connectivity index (χ4n) is 2.66. The average Bonchev–Trinajstić information content (AvgIpc) is 3.26. The lowest BCUT2D eigenvalue weighted by Gasteiger charge is -2.08. The highest BCUT2D eigenvalue weighted by molar-refractivity contribution is 8.00. The van der Waals surface area contributed by atoms with Crippen LogP contribution in [-0.2, 0) is 11.3 Å². The molecule has 0 unspecified atom stereocenters. The van der Waals surface area contributed by atoms with E-state index in [0.29, 0.717) is 12.4 Å². The molecule has 4 rings (SSSR count). The van der Waals surface area contributed by atoms with Gasteiger partial charge in [0.05, 0.1) is 16.1 Å². The molecule has 0 aliphatic carbocycles. The van der Waals surface area contributed by atoms with E-state index < -0.39 is 0 Å². The molecule has 0 bridgehead atoms. The van der Waals surface area contributed by atoms with Crippen LogP contribution in [0.5, 0.6) is 0 Å². The van der Waals surface area contributed by atoms with Crippen LogP contribution in [0.3, 0.4) is 0 Å². The van der Waals surface area contributed by atoms with E-state index in [1.807, 2.05) is 41.8 Å². The Labute approximate surface area is 169 Å². The highest BCUT2D eigenvalue weighted by atomic mass is 32.2. The van der Waals surface area contributed by atoms with E-state index in [0.717, 1.165) is 26.4 Å². The molecule has 2 aromatic heterocycles. The highest BCUT2D eigenvalue weighted by Crippen LogP contribution is 2.29. The van der Waals surface area contributed by atoms with Gasteiger partial charge in [-0.05, 0) is 35.2 Å². The molecule has 4 nitrogen and oxygen atoms in total. The summed E-state index contributed by atoms with van der Waals surface area (Å²) < 4.78 is 13.0. The molecule has 4 aromatic rings. The number of fused-ring (bicyclic) bond motifs is 1. The third-order valence-corrected chi connectivity index (χ3v) is 5.91. The zero-order valence-electron chi connectivity index (χ0n) is 14.8. The summed E-state index contributed by atoms with van der Waals surface area (Å²) in [7, 11) is 0. The number of carbonyl (C=O) groups is 1. The van der Waals surface area contributed by atoms with Crippen LogP contribution in [0.4, 0.5) is 4.39 Å². The van der Waals surface area contributed by atoms with Crippen molar-refractivity contribution >= 4 is 39.9 Å². The van der Waals surface area contributed by atoms with Gasteiger partial charge in [-0.25, -0.2) is 14.4 Å². The SMILES string of the molecule is O=C(CSc1nc(-c2cccs2)nc2ccccc12)NCc1ccc(F)cc1. The fraction of sp³-hybridized carbons (Fsp3) is 0.0952. The first kappa shape index (κ1) is 18.6. The molecule has 0 atom stereocenters. The van der Waals surface area contributed by atoms with Crippen LogP contribution in [0.15, 0.2) is 71.1 Å². The lowest BCUT2D eigenvalue weighted by molar-refractivity contribution is -0.118. The Bertz CT molecular complexity index is 1100. The van der Waals surface area contributed by atoms with E-state index in [4.69, 9.17) is 0 Å². The summed E-state index contributed by atoms with van der Waals surface area (Å²) in [6, 6.07) is 17.8. The number of hydrogen-bond acceptors (Lipinski definition) is 5. The van der Waals surface area contributed by atoms with Crippen molar-refractivity contribution in [3.8, 4) is 10.7 Å². The van der Waals surface area contributed by atoms with Crippen LogP contribution in [0, 0.1) is 5.82 Å². The Balaban J connectivity index is 1.47. The van der Waals surface area contributed by atoms with E-state index in [2.05, 4.69) is 15.3 Å². The number of amides is 1. The third-order valence-electron chi connectivity index (χ3n) is 4.05. The zero-order valence-corrected chi connectivity index (χ0v) is 16.4. The number of benzene rings is 2. The van der Waals surface area contributed by atoms with Gasteiger partial charge in [0, 0.05) is 11.9 Å². The number of nitrogens with one attached hydrogen (secondary N) is 1. The van der Waals surface area contributed by atoms with Gasteiger partial charge in [-0.1, -0.05) is 48.2 Å². The number of halogens is 1. The van der Waals surface area contributed by atoms with Crippen molar-refractivity contribution in [1.82, 2.24) is 15.3 Å².